The van der Waals surface area contributed by atoms with E-state index in [1.807, 2.05) is 24.3 Å². The number of nitrogens with zero attached hydrogens (tertiary/aromatic N) is 2. The predicted octanol–water partition coefficient (Wildman–Crippen LogP) is 3.48. The lowest BCUT2D eigenvalue weighted by Gasteiger charge is -2.31. The van der Waals surface area contributed by atoms with Crippen LogP contribution in [0.5, 0.6) is 0 Å². The maximum absolute atomic E-state index is 12.6. The zero-order valence-corrected chi connectivity index (χ0v) is 17.4. The molecular weight excluding hydrogens is 395 g/mol. The SMILES string of the molecule is CN(Cc1ccccc1CNC(=O)C1CC(=O)N(CC(F)(F)F)C1)C1CCCCC1. The molecule has 1 aromatic carbocycles. The summed E-state index contributed by atoms with van der Waals surface area (Å²) in [5, 5.41) is 2.82. The van der Waals surface area contributed by atoms with E-state index in [1.165, 1.54) is 32.1 Å². The minimum Gasteiger partial charge on any atom is -0.352 e. The van der Waals surface area contributed by atoms with Gasteiger partial charge in [-0.1, -0.05) is 43.5 Å². The highest BCUT2D eigenvalue weighted by atomic mass is 19.4. The largest absolute Gasteiger partial charge is 0.406 e. The summed E-state index contributed by atoms with van der Waals surface area (Å²) in [5.74, 6) is -1.73. The summed E-state index contributed by atoms with van der Waals surface area (Å²) in [6, 6.07) is 8.46. The Kier molecular flexibility index (Phi) is 7.39. The minimum absolute atomic E-state index is 0.173. The second-order valence-electron chi connectivity index (χ2n) is 8.48. The smallest absolute Gasteiger partial charge is 0.352 e. The van der Waals surface area contributed by atoms with E-state index >= 15 is 0 Å². The van der Waals surface area contributed by atoms with Crippen molar-refractivity contribution in [2.24, 2.45) is 5.92 Å². The molecule has 8 heteroatoms. The van der Waals surface area contributed by atoms with Crippen LogP contribution in [0.25, 0.3) is 0 Å². The van der Waals surface area contributed by atoms with Crippen LogP contribution in [0.15, 0.2) is 24.3 Å². The number of halogens is 3. The number of rotatable bonds is 7. The Morgan fingerprint density at radius 3 is 2.50 bits per heavy atom. The van der Waals surface area contributed by atoms with Gasteiger partial charge in [-0.15, -0.1) is 0 Å². The highest BCUT2D eigenvalue weighted by Gasteiger charge is 2.40. The summed E-state index contributed by atoms with van der Waals surface area (Å²) in [5.41, 5.74) is 2.12. The number of hydrogen-bond donors (Lipinski definition) is 1. The first-order valence-corrected chi connectivity index (χ1v) is 10.6. The number of amides is 2. The van der Waals surface area contributed by atoms with Crippen LogP contribution in [-0.4, -0.2) is 54.0 Å². The molecule has 1 aliphatic heterocycles. The standard InChI is InChI=1S/C22H30F3N3O2/c1-27(19-9-3-2-4-10-19)13-17-8-6-5-7-16(17)12-26-21(30)18-11-20(29)28(14-18)15-22(23,24)25/h5-8,18-19H,2-4,9-15H2,1H3,(H,26,30). The number of carbonyl (C=O) groups excluding carboxylic acids is 2. The fourth-order valence-electron chi connectivity index (χ4n) is 4.45. The predicted molar refractivity (Wildman–Crippen MR) is 107 cm³/mol. The minimum atomic E-state index is -4.45. The summed E-state index contributed by atoms with van der Waals surface area (Å²) < 4.78 is 37.7. The van der Waals surface area contributed by atoms with E-state index in [1.54, 1.807) is 0 Å². The topological polar surface area (TPSA) is 52.7 Å². The number of nitrogens with one attached hydrogen (secondary N) is 1. The summed E-state index contributed by atoms with van der Waals surface area (Å²) in [6.07, 6.45) is 1.62. The summed E-state index contributed by atoms with van der Waals surface area (Å²) >= 11 is 0. The van der Waals surface area contributed by atoms with E-state index in [9.17, 15) is 22.8 Å². The number of likely N-dealkylation sites (tertiary alicyclic amines) is 1. The van der Waals surface area contributed by atoms with Gasteiger partial charge in [-0.2, -0.15) is 13.2 Å². The van der Waals surface area contributed by atoms with Gasteiger partial charge in [0, 0.05) is 32.1 Å². The monoisotopic (exact) mass is 425 g/mol. The van der Waals surface area contributed by atoms with E-state index in [-0.39, 0.29) is 18.9 Å². The van der Waals surface area contributed by atoms with Crippen molar-refractivity contribution in [1.82, 2.24) is 15.1 Å². The number of hydrogen-bond acceptors (Lipinski definition) is 3. The van der Waals surface area contributed by atoms with E-state index in [4.69, 9.17) is 0 Å². The fraction of sp³-hybridized carbons (Fsp3) is 0.636. The maximum Gasteiger partial charge on any atom is 0.406 e. The lowest BCUT2D eigenvalue weighted by atomic mass is 9.94. The quantitative estimate of drug-likeness (QED) is 0.728. The second-order valence-corrected chi connectivity index (χ2v) is 8.48. The zero-order chi connectivity index (χ0) is 21.7. The molecule has 1 saturated heterocycles. The highest BCUT2D eigenvalue weighted by Crippen LogP contribution is 2.25. The molecule has 0 aromatic heterocycles. The Bertz CT molecular complexity index is 747. The van der Waals surface area contributed by atoms with Gasteiger partial charge in [0.05, 0.1) is 5.92 Å². The van der Waals surface area contributed by atoms with Crippen molar-refractivity contribution in [2.45, 2.75) is 63.8 Å². The summed E-state index contributed by atoms with van der Waals surface area (Å²) in [6.45, 7) is -0.391. The van der Waals surface area contributed by atoms with Crippen LogP contribution < -0.4 is 5.32 Å². The number of carbonyl (C=O) groups is 2. The second kappa shape index (κ2) is 9.81. The highest BCUT2D eigenvalue weighted by molar-refractivity contribution is 5.89. The summed E-state index contributed by atoms with van der Waals surface area (Å²) in [4.78, 5) is 27.4. The van der Waals surface area contributed by atoms with Crippen molar-refractivity contribution in [3.63, 3.8) is 0 Å². The maximum atomic E-state index is 12.6. The molecule has 1 aromatic rings. The van der Waals surface area contributed by atoms with Crippen LogP contribution in [0, 0.1) is 5.92 Å². The Hall–Kier alpha value is -2.09. The third-order valence-corrected chi connectivity index (χ3v) is 6.14. The molecule has 5 nitrogen and oxygen atoms in total. The molecule has 2 amide bonds. The van der Waals surface area contributed by atoms with Gasteiger partial charge >= 0.3 is 6.18 Å². The number of benzene rings is 1. The van der Waals surface area contributed by atoms with E-state index < -0.39 is 24.5 Å². The van der Waals surface area contributed by atoms with Crippen molar-refractivity contribution in [3.8, 4) is 0 Å². The fourth-order valence-corrected chi connectivity index (χ4v) is 4.45. The molecule has 1 saturated carbocycles. The molecule has 0 spiro atoms. The average Bonchev–Trinajstić information content (AvgIpc) is 3.06. The van der Waals surface area contributed by atoms with Gasteiger partial charge in [0.15, 0.2) is 0 Å². The van der Waals surface area contributed by atoms with Gasteiger partial charge < -0.3 is 10.2 Å². The molecule has 0 radical (unpaired) electrons. The molecule has 30 heavy (non-hydrogen) atoms. The molecule has 2 aliphatic rings. The molecule has 2 fully saturated rings. The number of alkyl halides is 3. The normalized spacial score (nSPS) is 20.8. The molecule has 3 rings (SSSR count). The third-order valence-electron chi connectivity index (χ3n) is 6.14. The Balaban J connectivity index is 1.54. The Labute approximate surface area is 175 Å². The van der Waals surface area contributed by atoms with Crippen LogP contribution in [-0.2, 0) is 22.7 Å². The molecule has 1 atom stereocenters. The zero-order valence-electron chi connectivity index (χ0n) is 17.4. The van der Waals surface area contributed by atoms with Gasteiger partial charge in [-0.3, -0.25) is 14.5 Å². The molecule has 1 N–H and O–H groups in total. The van der Waals surface area contributed by atoms with Gasteiger partial charge in [0.25, 0.3) is 0 Å². The van der Waals surface area contributed by atoms with Crippen LogP contribution in [0.2, 0.25) is 0 Å². The molecule has 1 aliphatic carbocycles. The van der Waals surface area contributed by atoms with Crippen molar-refractivity contribution in [1.29, 1.82) is 0 Å². The Morgan fingerprint density at radius 2 is 1.83 bits per heavy atom. The van der Waals surface area contributed by atoms with Crippen LogP contribution in [0.1, 0.15) is 49.7 Å². The van der Waals surface area contributed by atoms with E-state index in [0.29, 0.717) is 12.6 Å². The third kappa shape index (κ3) is 6.20. The van der Waals surface area contributed by atoms with Crippen LogP contribution in [0.3, 0.4) is 0 Å². The van der Waals surface area contributed by atoms with Crippen LogP contribution >= 0.6 is 0 Å². The first-order valence-electron chi connectivity index (χ1n) is 10.6. The lowest BCUT2D eigenvalue weighted by molar-refractivity contribution is -0.157. The van der Waals surface area contributed by atoms with Crippen molar-refractivity contribution >= 4 is 11.8 Å². The van der Waals surface area contributed by atoms with Crippen LogP contribution in [0.4, 0.5) is 13.2 Å². The molecule has 166 valence electrons. The van der Waals surface area contributed by atoms with Gasteiger partial charge in [-0.05, 0) is 31.0 Å². The van der Waals surface area contributed by atoms with Crippen molar-refractivity contribution < 1.29 is 22.8 Å². The molecule has 1 unspecified atom stereocenters. The molecular formula is C22H30F3N3O2. The van der Waals surface area contributed by atoms with E-state index in [2.05, 4.69) is 17.3 Å². The van der Waals surface area contributed by atoms with Gasteiger partial charge in [-0.25, -0.2) is 0 Å². The average molecular weight is 425 g/mol. The first-order chi connectivity index (χ1) is 14.2. The van der Waals surface area contributed by atoms with Gasteiger partial charge in [0.1, 0.15) is 6.54 Å². The summed E-state index contributed by atoms with van der Waals surface area (Å²) in [7, 11) is 2.13. The van der Waals surface area contributed by atoms with Crippen molar-refractivity contribution in [3.05, 3.63) is 35.4 Å². The van der Waals surface area contributed by atoms with E-state index in [0.717, 1.165) is 22.6 Å². The molecule has 0 bridgehead atoms. The first kappa shape index (κ1) is 22.6. The Morgan fingerprint density at radius 1 is 1.17 bits per heavy atom. The van der Waals surface area contributed by atoms with Gasteiger partial charge in [0.2, 0.25) is 11.8 Å². The lowest BCUT2D eigenvalue weighted by Crippen LogP contribution is -2.37. The molecule has 1 heterocycles. The van der Waals surface area contributed by atoms with Crippen molar-refractivity contribution in [2.75, 3.05) is 20.1 Å².